The number of piperidine rings is 2. The number of fused-ring (bicyclic) bond motifs is 1. The van der Waals surface area contributed by atoms with E-state index in [9.17, 15) is 0 Å². The summed E-state index contributed by atoms with van der Waals surface area (Å²) in [7, 11) is 0. The molecule has 0 saturated carbocycles. The van der Waals surface area contributed by atoms with Crippen LogP contribution in [0.4, 0.5) is 5.82 Å². The molecule has 108 valence electrons. The maximum atomic E-state index is 5.87. The summed E-state index contributed by atoms with van der Waals surface area (Å²) in [4.78, 5) is 6.81. The van der Waals surface area contributed by atoms with Gasteiger partial charge >= 0.3 is 0 Å². The Balaban J connectivity index is 0.000000902. The fourth-order valence-corrected chi connectivity index (χ4v) is 3.12. The Morgan fingerprint density at radius 3 is 2.84 bits per heavy atom. The smallest absolute Gasteiger partial charge is 0.128 e. The van der Waals surface area contributed by atoms with Crippen molar-refractivity contribution in [1.82, 2.24) is 10.3 Å². The molecule has 0 amide bonds. The molecule has 2 fully saturated rings. The van der Waals surface area contributed by atoms with Crippen LogP contribution in [-0.2, 0) is 0 Å². The van der Waals surface area contributed by atoms with Crippen molar-refractivity contribution in [3.63, 3.8) is 0 Å². The monoisotopic (exact) mass is 323 g/mol. The second kappa shape index (κ2) is 7.53. The van der Waals surface area contributed by atoms with Crippen molar-refractivity contribution in [2.75, 3.05) is 24.5 Å². The lowest BCUT2D eigenvalue weighted by molar-refractivity contribution is 0.244. The molecule has 0 aliphatic carbocycles. The topological polar surface area (TPSA) is 28.2 Å². The Morgan fingerprint density at radius 1 is 1.26 bits per heavy atom. The van der Waals surface area contributed by atoms with E-state index in [0.717, 1.165) is 30.9 Å². The van der Waals surface area contributed by atoms with Crippen molar-refractivity contribution in [3.05, 3.63) is 23.4 Å². The lowest BCUT2D eigenvalue weighted by Gasteiger charge is -2.42. The van der Waals surface area contributed by atoms with Crippen LogP contribution in [0.25, 0.3) is 0 Å². The Kier molecular flexibility index (Phi) is 6.67. The van der Waals surface area contributed by atoms with Crippen molar-refractivity contribution in [1.29, 1.82) is 0 Å². The normalized spacial score (nSPS) is 25.8. The van der Waals surface area contributed by atoms with Gasteiger partial charge in [-0.1, -0.05) is 11.6 Å². The first kappa shape index (κ1) is 16.8. The molecule has 2 aliphatic heterocycles. The first-order valence-electron chi connectivity index (χ1n) is 6.43. The van der Waals surface area contributed by atoms with Crippen LogP contribution in [0.15, 0.2) is 18.3 Å². The molecule has 0 aromatic carbocycles. The van der Waals surface area contributed by atoms with Gasteiger partial charge in [0.1, 0.15) is 5.82 Å². The molecule has 2 atom stereocenters. The fraction of sp³-hybridized carbons (Fsp3) is 0.615. The zero-order chi connectivity index (χ0) is 11.7. The van der Waals surface area contributed by atoms with E-state index in [0.29, 0.717) is 5.02 Å². The molecule has 6 heteroatoms. The maximum Gasteiger partial charge on any atom is 0.128 e. The Hall–Kier alpha value is -0.220. The third kappa shape index (κ3) is 3.88. The highest BCUT2D eigenvalue weighted by atomic mass is 35.5. The number of nitrogens with one attached hydrogen (secondary N) is 1. The molecule has 19 heavy (non-hydrogen) atoms. The quantitative estimate of drug-likeness (QED) is 0.860. The van der Waals surface area contributed by atoms with Gasteiger partial charge in [-0.2, -0.15) is 0 Å². The number of hydrogen-bond acceptors (Lipinski definition) is 3. The number of rotatable bonds is 1. The van der Waals surface area contributed by atoms with Gasteiger partial charge in [-0.25, -0.2) is 4.98 Å². The molecule has 3 nitrogen and oxygen atoms in total. The molecular formula is C13H20Cl3N3. The van der Waals surface area contributed by atoms with Crippen molar-refractivity contribution in [3.8, 4) is 0 Å². The maximum absolute atomic E-state index is 5.87. The van der Waals surface area contributed by atoms with Crippen molar-refractivity contribution < 1.29 is 0 Å². The van der Waals surface area contributed by atoms with E-state index < -0.39 is 0 Å². The van der Waals surface area contributed by atoms with Crippen LogP contribution in [0, 0.1) is 5.92 Å². The van der Waals surface area contributed by atoms with Gasteiger partial charge in [0.05, 0.1) is 5.02 Å². The number of hydrogen-bond donors (Lipinski definition) is 1. The molecular weight excluding hydrogens is 305 g/mol. The molecule has 0 bridgehead atoms. The summed E-state index contributed by atoms with van der Waals surface area (Å²) in [5.74, 6) is 1.86. The highest BCUT2D eigenvalue weighted by Gasteiger charge is 2.31. The summed E-state index contributed by atoms with van der Waals surface area (Å²) in [5.41, 5.74) is 0. The molecule has 1 aromatic heterocycles. The number of halogens is 3. The van der Waals surface area contributed by atoms with Gasteiger partial charge in [-0.15, -0.1) is 24.8 Å². The summed E-state index contributed by atoms with van der Waals surface area (Å²) < 4.78 is 0. The molecule has 1 aromatic rings. The summed E-state index contributed by atoms with van der Waals surface area (Å²) in [6.45, 7) is 3.43. The minimum absolute atomic E-state index is 0. The third-order valence-electron chi connectivity index (χ3n) is 3.93. The second-order valence-electron chi connectivity index (χ2n) is 5.03. The lowest BCUT2D eigenvalue weighted by atomic mass is 9.85. The Labute approximate surface area is 131 Å². The average Bonchev–Trinajstić information content (AvgIpc) is 2.39. The van der Waals surface area contributed by atoms with E-state index >= 15 is 0 Å². The van der Waals surface area contributed by atoms with Crippen LogP contribution >= 0.6 is 36.4 Å². The van der Waals surface area contributed by atoms with E-state index in [1.807, 2.05) is 12.1 Å². The Morgan fingerprint density at radius 2 is 2.11 bits per heavy atom. The summed E-state index contributed by atoms with van der Waals surface area (Å²) >= 11 is 5.87. The molecule has 0 unspecified atom stereocenters. The zero-order valence-corrected chi connectivity index (χ0v) is 13.1. The van der Waals surface area contributed by atoms with Crippen LogP contribution in [0.2, 0.25) is 5.02 Å². The first-order chi connectivity index (χ1) is 8.33. The molecule has 1 N–H and O–H groups in total. The predicted octanol–water partition coefficient (Wildman–Crippen LogP) is 3.16. The minimum atomic E-state index is 0. The number of pyridine rings is 1. The van der Waals surface area contributed by atoms with Crippen LogP contribution in [0.1, 0.15) is 19.3 Å². The molecule has 2 aliphatic rings. The van der Waals surface area contributed by atoms with E-state index in [4.69, 9.17) is 11.6 Å². The first-order valence-corrected chi connectivity index (χ1v) is 6.80. The van der Waals surface area contributed by atoms with Gasteiger partial charge in [-0.3, -0.25) is 0 Å². The third-order valence-corrected chi connectivity index (χ3v) is 4.15. The summed E-state index contributed by atoms with van der Waals surface area (Å²) in [5, 5.41) is 4.35. The fourth-order valence-electron chi connectivity index (χ4n) is 3.01. The second-order valence-corrected chi connectivity index (χ2v) is 5.47. The van der Waals surface area contributed by atoms with E-state index in [1.54, 1.807) is 6.20 Å². The van der Waals surface area contributed by atoms with Crippen LogP contribution in [0.5, 0.6) is 0 Å². The summed E-state index contributed by atoms with van der Waals surface area (Å²) in [6.07, 6.45) is 5.63. The van der Waals surface area contributed by atoms with E-state index in [-0.39, 0.29) is 24.8 Å². The van der Waals surface area contributed by atoms with Crippen molar-refractivity contribution in [2.45, 2.75) is 25.3 Å². The van der Waals surface area contributed by atoms with Gasteiger partial charge in [0.2, 0.25) is 0 Å². The molecule has 3 rings (SSSR count). The Bertz CT molecular complexity index is 385. The van der Waals surface area contributed by atoms with E-state index in [2.05, 4.69) is 15.2 Å². The molecule has 0 spiro atoms. The zero-order valence-electron chi connectivity index (χ0n) is 10.7. The average molecular weight is 325 g/mol. The van der Waals surface area contributed by atoms with Crippen molar-refractivity contribution in [2.24, 2.45) is 5.92 Å². The lowest BCUT2D eigenvalue weighted by Crippen LogP contribution is -2.52. The predicted molar refractivity (Wildman–Crippen MR) is 85.1 cm³/mol. The molecule has 3 heterocycles. The van der Waals surface area contributed by atoms with Gasteiger partial charge in [-0.05, 0) is 43.9 Å². The minimum Gasteiger partial charge on any atom is -0.356 e. The largest absolute Gasteiger partial charge is 0.356 e. The number of anilines is 1. The van der Waals surface area contributed by atoms with Crippen molar-refractivity contribution >= 4 is 42.2 Å². The molecule has 2 saturated heterocycles. The number of aromatic nitrogens is 1. The highest BCUT2D eigenvalue weighted by Crippen LogP contribution is 2.27. The SMILES string of the molecule is Cl.Cl.Clc1ccc(N2CC[C@@H]3NCCC[C@@H]3C2)nc1. The van der Waals surface area contributed by atoms with Gasteiger partial charge in [0, 0.05) is 25.3 Å². The summed E-state index contributed by atoms with van der Waals surface area (Å²) in [6, 6.07) is 4.68. The van der Waals surface area contributed by atoms with Crippen LogP contribution in [0.3, 0.4) is 0 Å². The van der Waals surface area contributed by atoms with Gasteiger partial charge < -0.3 is 10.2 Å². The molecule has 0 radical (unpaired) electrons. The van der Waals surface area contributed by atoms with Gasteiger partial charge in [0.15, 0.2) is 0 Å². The van der Waals surface area contributed by atoms with Gasteiger partial charge in [0.25, 0.3) is 0 Å². The highest BCUT2D eigenvalue weighted by molar-refractivity contribution is 6.30. The van der Waals surface area contributed by atoms with Crippen LogP contribution < -0.4 is 10.2 Å². The number of nitrogens with zero attached hydrogens (tertiary/aromatic N) is 2. The standard InChI is InChI=1S/C13H18ClN3.2ClH/c14-11-3-4-13(16-8-11)17-7-5-12-10(9-17)2-1-6-15-12;;/h3-4,8,10,12,15H,1-2,5-7,9H2;2*1H/t10-,12+;;/m1../s1. The van der Waals surface area contributed by atoms with E-state index in [1.165, 1.54) is 25.8 Å². The van der Waals surface area contributed by atoms with Crippen LogP contribution in [-0.4, -0.2) is 30.7 Å².